The van der Waals surface area contributed by atoms with Crippen molar-refractivity contribution in [1.82, 2.24) is 0 Å². The van der Waals surface area contributed by atoms with E-state index in [4.69, 9.17) is 0 Å². The molecule has 1 N–H and O–H groups in total. The maximum atomic E-state index is 3.75. The molecule has 0 aliphatic heterocycles. The highest BCUT2D eigenvalue weighted by molar-refractivity contribution is 5.53. The largest absolute Gasteiger partial charge is 0.382 e. The summed E-state index contributed by atoms with van der Waals surface area (Å²) < 4.78 is 0. The number of hydrogen-bond donors (Lipinski definition) is 1. The minimum absolute atomic E-state index is 0.508. The van der Waals surface area contributed by atoms with Crippen LogP contribution >= 0.6 is 0 Å². The lowest BCUT2D eigenvalue weighted by Gasteiger charge is -2.36. The fourth-order valence-corrected chi connectivity index (χ4v) is 2.93. The summed E-state index contributed by atoms with van der Waals surface area (Å²) in [5, 5.41) is 3.75. The van der Waals surface area contributed by atoms with E-state index in [9.17, 15) is 0 Å². The van der Waals surface area contributed by atoms with E-state index in [0.717, 1.165) is 0 Å². The third-order valence-corrected chi connectivity index (χ3v) is 3.96. The molecule has 1 aliphatic carbocycles. The molecule has 1 fully saturated rings. The highest BCUT2D eigenvalue weighted by atomic mass is 14.9. The van der Waals surface area contributed by atoms with E-state index >= 15 is 0 Å². The van der Waals surface area contributed by atoms with E-state index in [-0.39, 0.29) is 0 Å². The van der Waals surface area contributed by atoms with Crippen LogP contribution in [0.4, 0.5) is 5.69 Å². The maximum Gasteiger partial charge on any atom is 0.0374 e. The molecule has 0 heterocycles. The molecule has 0 aromatic heterocycles. The van der Waals surface area contributed by atoms with Crippen LogP contribution in [0.3, 0.4) is 0 Å². The van der Waals surface area contributed by atoms with Crippen molar-refractivity contribution in [3.8, 4) is 0 Å². The van der Waals surface area contributed by atoms with E-state index in [1.807, 2.05) is 0 Å². The van der Waals surface area contributed by atoms with Crippen LogP contribution in [0.15, 0.2) is 18.2 Å². The first kappa shape index (κ1) is 12.5. The van der Waals surface area contributed by atoms with Gasteiger partial charge < -0.3 is 5.32 Å². The van der Waals surface area contributed by atoms with Crippen molar-refractivity contribution in [2.45, 2.75) is 59.4 Å². The second kappa shape index (κ2) is 4.72. The van der Waals surface area contributed by atoms with Gasteiger partial charge in [-0.25, -0.2) is 0 Å². The van der Waals surface area contributed by atoms with Gasteiger partial charge in [-0.2, -0.15) is 0 Å². The van der Waals surface area contributed by atoms with Gasteiger partial charge in [-0.05, 0) is 55.7 Å². The van der Waals surface area contributed by atoms with Gasteiger partial charge in [0.2, 0.25) is 0 Å². The van der Waals surface area contributed by atoms with Crippen molar-refractivity contribution in [3.63, 3.8) is 0 Å². The molecule has 1 aromatic rings. The van der Waals surface area contributed by atoms with Crippen LogP contribution in [0.25, 0.3) is 0 Å². The highest BCUT2D eigenvalue weighted by Gasteiger charge is 2.27. The van der Waals surface area contributed by atoms with Crippen LogP contribution < -0.4 is 5.32 Å². The van der Waals surface area contributed by atoms with Crippen LogP contribution in [0, 0.1) is 19.3 Å². The quantitative estimate of drug-likeness (QED) is 0.779. The molecule has 1 aliphatic rings. The molecule has 2 rings (SSSR count). The monoisotopic (exact) mass is 231 g/mol. The fourth-order valence-electron chi connectivity index (χ4n) is 2.93. The zero-order valence-electron chi connectivity index (χ0n) is 11.6. The minimum Gasteiger partial charge on any atom is -0.382 e. The molecule has 1 aromatic carbocycles. The van der Waals surface area contributed by atoms with Crippen LogP contribution in [-0.2, 0) is 0 Å². The van der Waals surface area contributed by atoms with Gasteiger partial charge in [0.05, 0.1) is 0 Å². The molecule has 1 atom stereocenters. The van der Waals surface area contributed by atoms with Crippen molar-refractivity contribution < 1.29 is 0 Å². The molecule has 1 saturated carbocycles. The van der Waals surface area contributed by atoms with E-state index in [1.54, 1.807) is 0 Å². The molecule has 1 heteroatoms. The standard InChI is InChI=1S/C16H25N/c1-12-7-8-13(2)15(10-12)17-14-6-5-9-16(3,4)11-14/h7-8,10,14,17H,5-6,9,11H2,1-4H3. The number of hydrogen-bond acceptors (Lipinski definition) is 1. The first-order chi connectivity index (χ1) is 7.96. The summed E-state index contributed by atoms with van der Waals surface area (Å²) in [6.45, 7) is 9.14. The molecular weight excluding hydrogens is 206 g/mol. The van der Waals surface area contributed by atoms with Crippen LogP contribution in [-0.4, -0.2) is 6.04 Å². The van der Waals surface area contributed by atoms with E-state index in [1.165, 1.54) is 42.5 Å². The molecule has 94 valence electrons. The van der Waals surface area contributed by atoms with E-state index in [0.29, 0.717) is 11.5 Å². The number of rotatable bonds is 2. The Morgan fingerprint density at radius 2 is 2.00 bits per heavy atom. The average molecular weight is 231 g/mol. The Morgan fingerprint density at radius 1 is 1.24 bits per heavy atom. The first-order valence-electron chi connectivity index (χ1n) is 6.80. The molecule has 0 bridgehead atoms. The fraction of sp³-hybridized carbons (Fsp3) is 0.625. The van der Waals surface area contributed by atoms with Crippen LogP contribution in [0.5, 0.6) is 0 Å². The van der Waals surface area contributed by atoms with Crippen molar-refractivity contribution in [2.75, 3.05) is 5.32 Å². The molecule has 0 amide bonds. The minimum atomic E-state index is 0.508. The Labute approximate surface area is 106 Å². The normalized spacial score (nSPS) is 23.4. The number of aryl methyl sites for hydroxylation is 2. The van der Waals surface area contributed by atoms with Gasteiger partial charge in [0, 0.05) is 11.7 Å². The van der Waals surface area contributed by atoms with Crippen molar-refractivity contribution in [3.05, 3.63) is 29.3 Å². The second-order valence-electron chi connectivity index (χ2n) is 6.42. The Kier molecular flexibility index (Phi) is 3.46. The van der Waals surface area contributed by atoms with Crippen LogP contribution in [0.2, 0.25) is 0 Å². The Balaban J connectivity index is 2.07. The second-order valence-corrected chi connectivity index (χ2v) is 6.42. The van der Waals surface area contributed by atoms with Gasteiger partial charge in [-0.15, -0.1) is 0 Å². The zero-order chi connectivity index (χ0) is 12.5. The van der Waals surface area contributed by atoms with E-state index in [2.05, 4.69) is 51.2 Å². The number of anilines is 1. The topological polar surface area (TPSA) is 12.0 Å². The summed E-state index contributed by atoms with van der Waals surface area (Å²) in [5.74, 6) is 0. The molecule has 0 radical (unpaired) electrons. The van der Waals surface area contributed by atoms with Crippen molar-refractivity contribution in [2.24, 2.45) is 5.41 Å². The summed E-state index contributed by atoms with van der Waals surface area (Å²) in [6, 6.07) is 7.33. The molecule has 0 spiro atoms. The van der Waals surface area contributed by atoms with Gasteiger partial charge in [-0.3, -0.25) is 0 Å². The number of nitrogens with one attached hydrogen (secondary N) is 1. The highest BCUT2D eigenvalue weighted by Crippen LogP contribution is 2.36. The zero-order valence-corrected chi connectivity index (χ0v) is 11.6. The predicted octanol–water partition coefficient (Wildman–Crippen LogP) is 4.68. The maximum absolute atomic E-state index is 3.75. The number of benzene rings is 1. The van der Waals surface area contributed by atoms with Gasteiger partial charge in [-0.1, -0.05) is 32.4 Å². The van der Waals surface area contributed by atoms with Crippen molar-refractivity contribution in [1.29, 1.82) is 0 Å². The Hall–Kier alpha value is -0.980. The first-order valence-corrected chi connectivity index (χ1v) is 6.80. The molecule has 17 heavy (non-hydrogen) atoms. The predicted molar refractivity (Wildman–Crippen MR) is 75.6 cm³/mol. The lowest BCUT2D eigenvalue weighted by molar-refractivity contribution is 0.229. The van der Waals surface area contributed by atoms with Gasteiger partial charge in [0.15, 0.2) is 0 Å². The van der Waals surface area contributed by atoms with E-state index < -0.39 is 0 Å². The smallest absolute Gasteiger partial charge is 0.0374 e. The SMILES string of the molecule is Cc1ccc(C)c(NC2CCCC(C)(C)C2)c1. The third-order valence-electron chi connectivity index (χ3n) is 3.96. The summed E-state index contributed by atoms with van der Waals surface area (Å²) in [5.41, 5.74) is 4.54. The molecule has 1 unspecified atom stereocenters. The summed E-state index contributed by atoms with van der Waals surface area (Å²) in [7, 11) is 0. The third kappa shape index (κ3) is 3.24. The van der Waals surface area contributed by atoms with Gasteiger partial charge >= 0.3 is 0 Å². The molecule has 1 nitrogen and oxygen atoms in total. The molecule has 0 saturated heterocycles. The van der Waals surface area contributed by atoms with Gasteiger partial charge in [0.25, 0.3) is 0 Å². The lowest BCUT2D eigenvalue weighted by atomic mass is 9.75. The summed E-state index contributed by atoms with van der Waals surface area (Å²) in [4.78, 5) is 0. The lowest BCUT2D eigenvalue weighted by Crippen LogP contribution is -2.31. The Morgan fingerprint density at radius 3 is 2.71 bits per heavy atom. The average Bonchev–Trinajstić information content (AvgIpc) is 2.22. The summed E-state index contributed by atoms with van der Waals surface area (Å²) in [6.07, 6.45) is 5.34. The van der Waals surface area contributed by atoms with Crippen molar-refractivity contribution >= 4 is 5.69 Å². The Bertz CT molecular complexity index is 393. The summed E-state index contributed by atoms with van der Waals surface area (Å²) >= 11 is 0. The van der Waals surface area contributed by atoms with Crippen LogP contribution in [0.1, 0.15) is 50.7 Å². The van der Waals surface area contributed by atoms with Gasteiger partial charge in [0.1, 0.15) is 0 Å². The molecular formula is C16H25N.